The molecule has 0 saturated carbocycles. The maximum absolute atomic E-state index is 12.8. The van der Waals surface area contributed by atoms with Crippen molar-refractivity contribution in [3.63, 3.8) is 0 Å². The second-order valence-corrected chi connectivity index (χ2v) is 10.8. The number of unbranched alkanes of at least 4 members (excludes halogenated alkanes) is 20. The van der Waals surface area contributed by atoms with Crippen molar-refractivity contribution >= 4 is 11.6 Å². The maximum Gasteiger partial charge on any atom is 0.151 e. The Morgan fingerprint density at radius 1 is 0.429 bits per heavy atom. The fourth-order valence-corrected chi connectivity index (χ4v) is 4.94. The largest absolute Gasteiger partial charge is 0.395 e. The van der Waals surface area contributed by atoms with E-state index in [9.17, 15) is 19.8 Å². The van der Waals surface area contributed by atoms with Gasteiger partial charge in [0.2, 0.25) is 0 Å². The van der Waals surface area contributed by atoms with Crippen LogP contribution >= 0.6 is 0 Å². The lowest BCUT2D eigenvalue weighted by molar-refractivity contribution is -0.147. The van der Waals surface area contributed by atoms with E-state index in [-0.39, 0.29) is 24.4 Å². The Bertz CT molecular complexity index is 444. The molecule has 0 aliphatic heterocycles. The molecule has 0 bridgehead atoms. The van der Waals surface area contributed by atoms with Crippen LogP contribution in [0.15, 0.2) is 0 Å². The summed E-state index contributed by atoms with van der Waals surface area (Å²) in [4.78, 5) is 25.6. The van der Waals surface area contributed by atoms with E-state index in [0.717, 1.165) is 38.5 Å². The van der Waals surface area contributed by atoms with Gasteiger partial charge in [0.25, 0.3) is 0 Å². The Morgan fingerprint density at radius 3 is 0.886 bits per heavy atom. The molecule has 4 nitrogen and oxygen atoms in total. The number of carbonyl (C=O) groups is 2. The molecule has 0 aliphatic carbocycles. The highest BCUT2D eigenvalue weighted by Gasteiger charge is 2.43. The Hall–Kier alpha value is -0.740. The molecule has 0 spiro atoms. The molecule has 0 aliphatic rings. The molecule has 0 amide bonds. The second-order valence-electron chi connectivity index (χ2n) is 10.8. The number of ketones is 2. The predicted molar refractivity (Wildman–Crippen MR) is 149 cm³/mol. The van der Waals surface area contributed by atoms with Gasteiger partial charge >= 0.3 is 0 Å². The Balaban J connectivity index is 3.96. The van der Waals surface area contributed by atoms with Crippen LogP contribution < -0.4 is 0 Å². The van der Waals surface area contributed by atoms with Crippen molar-refractivity contribution in [2.24, 2.45) is 5.41 Å². The first-order valence-corrected chi connectivity index (χ1v) is 15.4. The number of aliphatic hydroxyl groups excluding tert-OH is 2. The van der Waals surface area contributed by atoms with E-state index in [1.807, 2.05) is 0 Å². The molecule has 0 aromatic rings. The van der Waals surface area contributed by atoms with Crippen molar-refractivity contribution < 1.29 is 19.8 Å². The SMILES string of the molecule is CCCCCCCCCCCCCC(=O)C(CO)(CO)C(=O)CCCCCCCCCCCCC. The standard InChI is InChI=1S/C31H60O4/c1-3-5-7-9-11-13-15-17-19-21-23-25-29(34)31(27-32,28-33)30(35)26-24-22-20-18-16-14-12-10-8-6-4-2/h32-33H,3-28H2,1-2H3. The minimum atomic E-state index is -1.59. The highest BCUT2D eigenvalue weighted by Crippen LogP contribution is 2.26. The zero-order chi connectivity index (χ0) is 26.0. The van der Waals surface area contributed by atoms with Gasteiger partial charge in [0.1, 0.15) is 5.41 Å². The van der Waals surface area contributed by atoms with Crippen molar-refractivity contribution in [2.45, 2.75) is 168 Å². The third-order valence-electron chi connectivity index (χ3n) is 7.62. The van der Waals surface area contributed by atoms with Gasteiger partial charge in [0.05, 0.1) is 13.2 Å². The van der Waals surface area contributed by atoms with Crippen LogP contribution in [0.1, 0.15) is 168 Å². The summed E-state index contributed by atoms with van der Waals surface area (Å²) in [6.07, 6.45) is 27.1. The van der Waals surface area contributed by atoms with E-state index in [4.69, 9.17) is 0 Å². The van der Waals surface area contributed by atoms with Crippen LogP contribution in [0.5, 0.6) is 0 Å². The minimum absolute atomic E-state index is 0.272. The Kier molecular flexibility index (Phi) is 24.4. The van der Waals surface area contributed by atoms with Gasteiger partial charge in [0.15, 0.2) is 11.6 Å². The van der Waals surface area contributed by atoms with Crippen LogP contribution in [-0.4, -0.2) is 35.0 Å². The number of carbonyl (C=O) groups excluding carboxylic acids is 2. The lowest BCUT2D eigenvalue weighted by Gasteiger charge is -2.27. The van der Waals surface area contributed by atoms with Gasteiger partial charge in [-0.25, -0.2) is 0 Å². The number of rotatable bonds is 28. The molecular weight excluding hydrogens is 436 g/mol. The van der Waals surface area contributed by atoms with Crippen LogP contribution in [-0.2, 0) is 9.59 Å². The van der Waals surface area contributed by atoms with Gasteiger partial charge in [-0.3, -0.25) is 9.59 Å². The van der Waals surface area contributed by atoms with E-state index >= 15 is 0 Å². The second kappa shape index (κ2) is 24.9. The summed E-state index contributed by atoms with van der Waals surface area (Å²) in [5.74, 6) is -0.544. The summed E-state index contributed by atoms with van der Waals surface area (Å²) >= 11 is 0. The average molecular weight is 497 g/mol. The smallest absolute Gasteiger partial charge is 0.151 e. The fraction of sp³-hybridized carbons (Fsp3) is 0.935. The summed E-state index contributed by atoms with van der Waals surface area (Å²) < 4.78 is 0. The molecule has 0 radical (unpaired) electrons. The van der Waals surface area contributed by atoms with Gasteiger partial charge in [-0.2, -0.15) is 0 Å². The van der Waals surface area contributed by atoms with E-state index in [0.29, 0.717) is 0 Å². The van der Waals surface area contributed by atoms with Crippen molar-refractivity contribution in [3.8, 4) is 0 Å². The lowest BCUT2D eigenvalue weighted by Crippen LogP contribution is -2.46. The molecule has 208 valence electrons. The van der Waals surface area contributed by atoms with E-state index in [1.165, 1.54) is 103 Å². The third-order valence-corrected chi connectivity index (χ3v) is 7.62. The molecule has 0 rings (SSSR count). The topological polar surface area (TPSA) is 74.6 Å². The fourth-order valence-electron chi connectivity index (χ4n) is 4.94. The van der Waals surface area contributed by atoms with Crippen molar-refractivity contribution in [2.75, 3.05) is 13.2 Å². The predicted octanol–water partition coefficient (Wildman–Crippen LogP) is 8.50. The molecular formula is C31H60O4. The number of aliphatic hydroxyl groups is 2. The first-order chi connectivity index (χ1) is 17.1. The molecule has 0 saturated heterocycles. The van der Waals surface area contributed by atoms with Crippen LogP contribution in [0, 0.1) is 5.41 Å². The number of hydrogen-bond acceptors (Lipinski definition) is 4. The Morgan fingerprint density at radius 2 is 0.657 bits per heavy atom. The summed E-state index contributed by atoms with van der Waals surface area (Å²) in [5, 5.41) is 19.7. The van der Waals surface area contributed by atoms with E-state index < -0.39 is 18.6 Å². The molecule has 2 N–H and O–H groups in total. The highest BCUT2D eigenvalue weighted by molar-refractivity contribution is 6.07. The van der Waals surface area contributed by atoms with E-state index in [2.05, 4.69) is 13.8 Å². The quantitative estimate of drug-likeness (QED) is 0.0841. The molecule has 0 aromatic carbocycles. The number of hydrogen-bond donors (Lipinski definition) is 2. The van der Waals surface area contributed by atoms with E-state index in [1.54, 1.807) is 0 Å². The average Bonchev–Trinajstić information content (AvgIpc) is 2.87. The molecule has 0 heterocycles. The minimum Gasteiger partial charge on any atom is -0.395 e. The first kappa shape index (κ1) is 34.3. The summed E-state index contributed by atoms with van der Waals surface area (Å²) in [6.45, 7) is 3.34. The Labute approximate surface area is 218 Å². The van der Waals surface area contributed by atoms with Gasteiger partial charge in [0, 0.05) is 12.8 Å². The van der Waals surface area contributed by atoms with Crippen LogP contribution in [0.25, 0.3) is 0 Å². The number of Topliss-reactive ketones (excluding diaryl/α,β-unsaturated/α-hetero) is 2. The molecule has 0 unspecified atom stereocenters. The van der Waals surface area contributed by atoms with Crippen LogP contribution in [0.3, 0.4) is 0 Å². The molecule has 35 heavy (non-hydrogen) atoms. The lowest BCUT2D eigenvalue weighted by atomic mass is 9.77. The van der Waals surface area contributed by atoms with Gasteiger partial charge in [-0.15, -0.1) is 0 Å². The zero-order valence-corrected chi connectivity index (χ0v) is 23.6. The third kappa shape index (κ3) is 17.4. The molecule has 0 fully saturated rings. The van der Waals surface area contributed by atoms with Gasteiger partial charge in [-0.1, -0.05) is 142 Å². The molecule has 4 heteroatoms. The zero-order valence-electron chi connectivity index (χ0n) is 23.6. The first-order valence-electron chi connectivity index (χ1n) is 15.4. The van der Waals surface area contributed by atoms with Crippen molar-refractivity contribution in [1.29, 1.82) is 0 Å². The summed E-state index contributed by atoms with van der Waals surface area (Å²) in [5.41, 5.74) is -1.59. The van der Waals surface area contributed by atoms with Gasteiger partial charge in [-0.05, 0) is 12.8 Å². The highest BCUT2D eigenvalue weighted by atomic mass is 16.3. The normalized spacial score (nSPS) is 11.8. The molecule has 0 aromatic heterocycles. The molecule has 0 atom stereocenters. The summed E-state index contributed by atoms with van der Waals surface area (Å²) in [7, 11) is 0. The maximum atomic E-state index is 12.8. The monoisotopic (exact) mass is 496 g/mol. The van der Waals surface area contributed by atoms with Crippen molar-refractivity contribution in [1.82, 2.24) is 0 Å². The van der Waals surface area contributed by atoms with Crippen LogP contribution in [0.2, 0.25) is 0 Å². The van der Waals surface area contributed by atoms with Gasteiger partial charge < -0.3 is 10.2 Å². The van der Waals surface area contributed by atoms with Crippen molar-refractivity contribution in [3.05, 3.63) is 0 Å². The summed E-state index contributed by atoms with van der Waals surface area (Å²) in [6, 6.07) is 0. The van der Waals surface area contributed by atoms with Crippen LogP contribution in [0.4, 0.5) is 0 Å².